The number of amides is 1. The highest BCUT2D eigenvalue weighted by Crippen LogP contribution is 2.36. The lowest BCUT2D eigenvalue weighted by Gasteiger charge is -2.41. The summed E-state index contributed by atoms with van der Waals surface area (Å²) in [5.74, 6) is 3.12. The van der Waals surface area contributed by atoms with Crippen LogP contribution in [0.25, 0.3) is 0 Å². The van der Waals surface area contributed by atoms with Gasteiger partial charge in [-0.25, -0.2) is 0 Å². The van der Waals surface area contributed by atoms with Gasteiger partial charge in [-0.1, -0.05) is 30.5 Å². The number of rotatable bonds is 4. The van der Waals surface area contributed by atoms with E-state index in [1.54, 1.807) is 0 Å². The number of piperidine rings is 1. The average molecular weight is 368 g/mol. The van der Waals surface area contributed by atoms with Crippen molar-refractivity contribution in [3.8, 4) is 5.75 Å². The van der Waals surface area contributed by atoms with Crippen molar-refractivity contribution >= 4 is 5.91 Å². The molecule has 2 heterocycles. The van der Waals surface area contributed by atoms with Crippen molar-refractivity contribution in [3.05, 3.63) is 46.8 Å². The lowest BCUT2D eigenvalue weighted by molar-refractivity contribution is 0.0520. The Balaban J connectivity index is 1.41. The highest BCUT2D eigenvalue weighted by molar-refractivity contribution is 5.94. The molecule has 2 aliphatic rings. The highest BCUT2D eigenvalue weighted by atomic mass is 16.5. The average Bonchev–Trinajstić information content (AvgIpc) is 3.03. The Hall–Kier alpha value is -2.30. The second kappa shape index (κ2) is 7.75. The highest BCUT2D eigenvalue weighted by Gasteiger charge is 2.33. The number of ether oxygens (including phenoxy) is 1. The monoisotopic (exact) mass is 368 g/mol. The molecule has 1 saturated carbocycles. The third-order valence-corrected chi connectivity index (χ3v) is 6.22. The van der Waals surface area contributed by atoms with Crippen LogP contribution in [0.2, 0.25) is 0 Å². The molecule has 1 aliphatic carbocycles. The quantitative estimate of drug-likeness (QED) is 0.796. The fourth-order valence-electron chi connectivity index (χ4n) is 4.55. The van der Waals surface area contributed by atoms with Crippen molar-refractivity contribution < 1.29 is 14.1 Å². The van der Waals surface area contributed by atoms with Crippen LogP contribution < -0.4 is 4.74 Å². The topological polar surface area (TPSA) is 55.6 Å². The number of hydrogen-bond donors (Lipinski definition) is 0. The van der Waals surface area contributed by atoms with E-state index in [1.165, 1.54) is 25.7 Å². The summed E-state index contributed by atoms with van der Waals surface area (Å²) in [5, 5.41) is 3.95. The Morgan fingerprint density at radius 1 is 1.22 bits per heavy atom. The number of hydrogen-bond acceptors (Lipinski definition) is 4. The number of fused-ring (bicyclic) bond motifs is 1. The Labute approximate surface area is 160 Å². The number of benzene rings is 1. The van der Waals surface area contributed by atoms with Gasteiger partial charge in [0.15, 0.2) is 0 Å². The molecule has 1 aromatic heterocycles. The van der Waals surface area contributed by atoms with Gasteiger partial charge >= 0.3 is 0 Å². The van der Waals surface area contributed by atoms with Crippen molar-refractivity contribution in [2.45, 2.75) is 52.6 Å². The standard InChI is InChI=1S/C22H28N2O3/c1-15-21(16(2)27-23-15)14-26-20-9-5-8-18(12-20)22(25)24-11-10-17-6-3-4-7-19(17)13-24/h5,8-9,12,17,19H,3-4,6-7,10-11,13-14H2,1-2H3/t17-,19-/m1/s1. The number of carbonyl (C=O) groups is 1. The largest absolute Gasteiger partial charge is 0.489 e. The van der Waals surface area contributed by atoms with Crippen molar-refractivity contribution in [1.29, 1.82) is 0 Å². The van der Waals surface area contributed by atoms with Gasteiger partial charge in [0.1, 0.15) is 18.1 Å². The van der Waals surface area contributed by atoms with Gasteiger partial charge in [-0.05, 0) is 56.7 Å². The van der Waals surface area contributed by atoms with Gasteiger partial charge in [0.2, 0.25) is 0 Å². The maximum Gasteiger partial charge on any atom is 0.253 e. The summed E-state index contributed by atoms with van der Waals surface area (Å²) in [6.45, 7) is 5.97. The first-order valence-electron chi connectivity index (χ1n) is 10.1. The first-order chi connectivity index (χ1) is 13.1. The van der Waals surface area contributed by atoms with Gasteiger partial charge in [-0.3, -0.25) is 4.79 Å². The Morgan fingerprint density at radius 2 is 2.04 bits per heavy atom. The molecule has 0 N–H and O–H groups in total. The summed E-state index contributed by atoms with van der Waals surface area (Å²) in [6, 6.07) is 7.52. The number of aryl methyl sites for hydroxylation is 2. The van der Waals surface area contributed by atoms with Gasteiger partial charge in [0, 0.05) is 18.7 Å². The fraction of sp³-hybridized carbons (Fsp3) is 0.545. The summed E-state index contributed by atoms with van der Waals surface area (Å²) >= 11 is 0. The smallest absolute Gasteiger partial charge is 0.253 e. The van der Waals surface area contributed by atoms with Gasteiger partial charge in [0.25, 0.3) is 5.91 Å². The first-order valence-corrected chi connectivity index (χ1v) is 10.1. The summed E-state index contributed by atoms with van der Waals surface area (Å²) in [4.78, 5) is 15.1. The van der Waals surface area contributed by atoms with Crippen LogP contribution in [-0.4, -0.2) is 29.1 Å². The molecule has 2 fully saturated rings. The molecule has 1 aliphatic heterocycles. The van der Waals surface area contributed by atoms with Crippen LogP contribution in [0, 0.1) is 25.7 Å². The third-order valence-electron chi connectivity index (χ3n) is 6.22. The zero-order valence-electron chi connectivity index (χ0n) is 16.2. The van der Waals surface area contributed by atoms with E-state index in [9.17, 15) is 4.79 Å². The lowest BCUT2D eigenvalue weighted by Crippen LogP contribution is -2.44. The van der Waals surface area contributed by atoms with Gasteiger partial charge in [-0.15, -0.1) is 0 Å². The Morgan fingerprint density at radius 3 is 2.81 bits per heavy atom. The minimum absolute atomic E-state index is 0.127. The van der Waals surface area contributed by atoms with Gasteiger partial charge < -0.3 is 14.2 Å². The summed E-state index contributed by atoms with van der Waals surface area (Å²) in [6.07, 6.45) is 6.44. The maximum atomic E-state index is 13.0. The zero-order valence-corrected chi connectivity index (χ0v) is 16.2. The molecule has 4 rings (SSSR count). The third kappa shape index (κ3) is 3.87. The first kappa shape index (κ1) is 18.1. The molecule has 1 amide bonds. The van der Waals surface area contributed by atoms with E-state index in [1.807, 2.05) is 43.0 Å². The molecule has 144 valence electrons. The van der Waals surface area contributed by atoms with Crippen LogP contribution >= 0.6 is 0 Å². The predicted octanol–water partition coefficient (Wildman–Crippen LogP) is 4.52. The van der Waals surface area contributed by atoms with Crippen molar-refractivity contribution in [3.63, 3.8) is 0 Å². The Kier molecular flexibility index (Phi) is 5.19. The predicted molar refractivity (Wildman–Crippen MR) is 103 cm³/mol. The van der Waals surface area contributed by atoms with Gasteiger partial charge in [-0.2, -0.15) is 0 Å². The van der Waals surface area contributed by atoms with E-state index in [4.69, 9.17) is 9.26 Å². The van der Waals surface area contributed by atoms with Gasteiger partial charge in [0.05, 0.1) is 11.3 Å². The van der Waals surface area contributed by atoms with E-state index in [2.05, 4.69) is 5.16 Å². The summed E-state index contributed by atoms with van der Waals surface area (Å²) in [5.41, 5.74) is 2.52. The van der Waals surface area contributed by atoms with Crippen LogP contribution in [0.15, 0.2) is 28.8 Å². The van der Waals surface area contributed by atoms with Crippen LogP contribution in [0.3, 0.4) is 0 Å². The number of aromatic nitrogens is 1. The van der Waals surface area contributed by atoms with Crippen molar-refractivity contribution in [1.82, 2.24) is 10.1 Å². The normalized spacial score (nSPS) is 22.4. The van der Waals surface area contributed by atoms with E-state index < -0.39 is 0 Å². The van der Waals surface area contributed by atoms with Crippen LogP contribution in [0.5, 0.6) is 5.75 Å². The lowest BCUT2D eigenvalue weighted by atomic mass is 9.75. The van der Waals surface area contributed by atoms with Crippen LogP contribution in [-0.2, 0) is 6.61 Å². The second-order valence-electron chi connectivity index (χ2n) is 7.96. The minimum Gasteiger partial charge on any atom is -0.489 e. The molecule has 2 atom stereocenters. The number of carbonyl (C=O) groups excluding carboxylic acids is 1. The van der Waals surface area contributed by atoms with E-state index in [0.717, 1.165) is 42.4 Å². The van der Waals surface area contributed by atoms with E-state index in [-0.39, 0.29) is 5.91 Å². The zero-order chi connectivity index (χ0) is 18.8. The van der Waals surface area contributed by atoms with Crippen molar-refractivity contribution in [2.75, 3.05) is 13.1 Å². The molecule has 27 heavy (non-hydrogen) atoms. The van der Waals surface area contributed by atoms with E-state index >= 15 is 0 Å². The molecule has 1 saturated heterocycles. The van der Waals surface area contributed by atoms with E-state index in [0.29, 0.717) is 23.8 Å². The summed E-state index contributed by atoms with van der Waals surface area (Å²) in [7, 11) is 0. The van der Waals surface area contributed by atoms with Crippen LogP contribution in [0.4, 0.5) is 0 Å². The molecule has 0 bridgehead atoms. The maximum absolute atomic E-state index is 13.0. The molecule has 0 unspecified atom stereocenters. The minimum atomic E-state index is 0.127. The molecular formula is C22H28N2O3. The SMILES string of the molecule is Cc1noc(C)c1COc1cccc(C(=O)N2CC[C@H]3CCCC[C@@H]3C2)c1. The second-order valence-corrected chi connectivity index (χ2v) is 7.96. The molecule has 0 radical (unpaired) electrons. The molecule has 5 nitrogen and oxygen atoms in total. The molecule has 0 spiro atoms. The number of likely N-dealkylation sites (tertiary alicyclic amines) is 1. The molecule has 1 aromatic carbocycles. The summed E-state index contributed by atoms with van der Waals surface area (Å²) < 4.78 is 11.1. The Bertz CT molecular complexity index is 794. The molecule has 5 heteroatoms. The van der Waals surface area contributed by atoms with Crippen molar-refractivity contribution in [2.24, 2.45) is 11.8 Å². The van der Waals surface area contributed by atoms with Crippen LogP contribution in [0.1, 0.15) is 59.5 Å². The fourth-order valence-corrected chi connectivity index (χ4v) is 4.55. The molecule has 2 aromatic rings. The molecular weight excluding hydrogens is 340 g/mol. The number of nitrogens with zero attached hydrogens (tertiary/aromatic N) is 2.